The van der Waals surface area contributed by atoms with Crippen molar-refractivity contribution in [3.05, 3.63) is 65.2 Å². The van der Waals surface area contributed by atoms with E-state index in [0.717, 1.165) is 11.1 Å². The van der Waals surface area contributed by atoms with E-state index in [1.54, 1.807) is 0 Å². The normalized spacial score (nSPS) is 12.0. The number of carbonyl (C=O) groups is 1. The van der Waals surface area contributed by atoms with Crippen LogP contribution in [0.2, 0.25) is 0 Å². The summed E-state index contributed by atoms with van der Waals surface area (Å²) in [6, 6.07) is 13.3. The van der Waals surface area contributed by atoms with Crippen LogP contribution in [0.15, 0.2) is 48.5 Å². The number of alkyl halides is 2. The highest BCUT2D eigenvalue weighted by atomic mass is 19.3. The second-order valence-electron chi connectivity index (χ2n) is 4.95. The van der Waals surface area contributed by atoms with Gasteiger partial charge >= 0.3 is 6.61 Å². The average molecular weight is 305 g/mol. The summed E-state index contributed by atoms with van der Waals surface area (Å²) < 4.78 is 28.4. The van der Waals surface area contributed by atoms with Gasteiger partial charge in [0.25, 0.3) is 5.91 Å². The largest absolute Gasteiger partial charge is 0.435 e. The summed E-state index contributed by atoms with van der Waals surface area (Å²) in [5, 5.41) is 2.89. The maximum atomic E-state index is 12.2. The first-order valence-corrected chi connectivity index (χ1v) is 6.88. The SMILES string of the molecule is Cc1ccccc1C(C)NC(=O)c1ccc(OC(F)F)cc1. The number of ether oxygens (including phenoxy) is 1. The highest BCUT2D eigenvalue weighted by Gasteiger charge is 2.13. The molecule has 1 N–H and O–H groups in total. The van der Waals surface area contributed by atoms with Crippen molar-refractivity contribution < 1.29 is 18.3 Å². The van der Waals surface area contributed by atoms with E-state index >= 15 is 0 Å². The van der Waals surface area contributed by atoms with Crippen molar-refractivity contribution in [1.29, 1.82) is 0 Å². The van der Waals surface area contributed by atoms with Crippen LogP contribution in [0.1, 0.15) is 34.5 Å². The summed E-state index contributed by atoms with van der Waals surface area (Å²) in [6.45, 7) is 1.00. The number of hydrogen-bond donors (Lipinski definition) is 1. The molecule has 2 aromatic rings. The topological polar surface area (TPSA) is 38.3 Å². The molecule has 0 heterocycles. The molecule has 2 rings (SSSR count). The Hall–Kier alpha value is -2.43. The fourth-order valence-corrected chi connectivity index (χ4v) is 2.22. The monoisotopic (exact) mass is 305 g/mol. The zero-order valence-corrected chi connectivity index (χ0v) is 12.3. The Morgan fingerprint density at radius 1 is 1.09 bits per heavy atom. The molecule has 0 aliphatic heterocycles. The molecule has 3 nitrogen and oxygen atoms in total. The molecule has 0 aliphatic carbocycles. The maximum absolute atomic E-state index is 12.2. The van der Waals surface area contributed by atoms with Gasteiger partial charge in [0.1, 0.15) is 5.75 Å². The van der Waals surface area contributed by atoms with Crippen LogP contribution in [-0.2, 0) is 0 Å². The van der Waals surface area contributed by atoms with E-state index in [9.17, 15) is 13.6 Å². The fourth-order valence-electron chi connectivity index (χ4n) is 2.22. The number of hydrogen-bond acceptors (Lipinski definition) is 2. The summed E-state index contributed by atoms with van der Waals surface area (Å²) in [5.41, 5.74) is 2.52. The number of aryl methyl sites for hydroxylation is 1. The third-order valence-corrected chi connectivity index (χ3v) is 3.34. The number of carbonyl (C=O) groups excluding carboxylic acids is 1. The van der Waals surface area contributed by atoms with Gasteiger partial charge in [0.2, 0.25) is 0 Å². The second kappa shape index (κ2) is 7.02. The average Bonchev–Trinajstić information content (AvgIpc) is 2.47. The summed E-state index contributed by atoms with van der Waals surface area (Å²) in [7, 11) is 0. The van der Waals surface area contributed by atoms with Crippen molar-refractivity contribution in [3.63, 3.8) is 0 Å². The van der Waals surface area contributed by atoms with Gasteiger partial charge in [0, 0.05) is 5.56 Å². The first-order valence-electron chi connectivity index (χ1n) is 6.88. The van der Waals surface area contributed by atoms with Crippen molar-refractivity contribution in [2.45, 2.75) is 26.5 Å². The highest BCUT2D eigenvalue weighted by molar-refractivity contribution is 5.94. The van der Waals surface area contributed by atoms with Gasteiger partial charge in [-0.15, -0.1) is 0 Å². The van der Waals surface area contributed by atoms with E-state index in [2.05, 4.69) is 10.1 Å². The minimum Gasteiger partial charge on any atom is -0.435 e. The molecule has 0 spiro atoms. The number of benzene rings is 2. The number of amides is 1. The van der Waals surface area contributed by atoms with E-state index in [0.29, 0.717) is 5.56 Å². The second-order valence-corrected chi connectivity index (χ2v) is 4.95. The lowest BCUT2D eigenvalue weighted by molar-refractivity contribution is -0.0498. The van der Waals surface area contributed by atoms with E-state index in [1.807, 2.05) is 38.1 Å². The molecule has 0 bridgehead atoms. The molecule has 0 aliphatic rings. The zero-order chi connectivity index (χ0) is 16.1. The summed E-state index contributed by atoms with van der Waals surface area (Å²) in [6.07, 6.45) is 0. The summed E-state index contributed by atoms with van der Waals surface area (Å²) >= 11 is 0. The molecule has 0 saturated heterocycles. The number of nitrogens with one attached hydrogen (secondary N) is 1. The van der Waals surface area contributed by atoms with Gasteiger partial charge in [-0.05, 0) is 49.2 Å². The third-order valence-electron chi connectivity index (χ3n) is 3.34. The Kier molecular flexibility index (Phi) is 5.09. The molecular formula is C17H17F2NO2. The van der Waals surface area contributed by atoms with Gasteiger partial charge < -0.3 is 10.1 Å². The van der Waals surface area contributed by atoms with Gasteiger partial charge in [0.15, 0.2) is 0 Å². The molecule has 0 fully saturated rings. The maximum Gasteiger partial charge on any atom is 0.387 e. The first kappa shape index (κ1) is 15.9. The van der Waals surface area contributed by atoms with Gasteiger partial charge in [-0.25, -0.2) is 0 Å². The van der Waals surface area contributed by atoms with E-state index < -0.39 is 6.61 Å². The van der Waals surface area contributed by atoms with Crippen molar-refractivity contribution in [1.82, 2.24) is 5.32 Å². The quantitative estimate of drug-likeness (QED) is 0.903. The predicted molar refractivity (Wildman–Crippen MR) is 80.1 cm³/mol. The Morgan fingerprint density at radius 2 is 1.73 bits per heavy atom. The highest BCUT2D eigenvalue weighted by Crippen LogP contribution is 2.18. The summed E-state index contributed by atoms with van der Waals surface area (Å²) in [4.78, 5) is 12.2. The van der Waals surface area contributed by atoms with Crippen LogP contribution < -0.4 is 10.1 Å². The summed E-state index contributed by atoms with van der Waals surface area (Å²) in [5.74, 6) is -0.238. The molecule has 116 valence electrons. The Balaban J connectivity index is 2.04. The molecular weight excluding hydrogens is 288 g/mol. The fraction of sp³-hybridized carbons (Fsp3) is 0.235. The number of rotatable bonds is 5. The Labute approximate surface area is 127 Å². The van der Waals surface area contributed by atoms with Crippen LogP contribution in [0.25, 0.3) is 0 Å². The van der Waals surface area contributed by atoms with Crippen LogP contribution >= 0.6 is 0 Å². The van der Waals surface area contributed by atoms with E-state index in [1.165, 1.54) is 24.3 Å². The molecule has 1 unspecified atom stereocenters. The van der Waals surface area contributed by atoms with E-state index in [4.69, 9.17) is 0 Å². The standard InChI is InChI=1S/C17H17F2NO2/c1-11-5-3-4-6-15(11)12(2)20-16(21)13-7-9-14(10-8-13)22-17(18)19/h3-10,12,17H,1-2H3,(H,20,21). The van der Waals surface area contributed by atoms with Gasteiger partial charge in [-0.2, -0.15) is 8.78 Å². The lowest BCUT2D eigenvalue weighted by Gasteiger charge is -2.16. The van der Waals surface area contributed by atoms with Gasteiger partial charge in [0.05, 0.1) is 6.04 Å². The van der Waals surface area contributed by atoms with Crippen molar-refractivity contribution in [2.24, 2.45) is 0 Å². The Morgan fingerprint density at radius 3 is 2.32 bits per heavy atom. The van der Waals surface area contributed by atoms with Crippen LogP contribution in [0, 0.1) is 6.92 Å². The molecule has 2 aromatic carbocycles. The molecule has 1 atom stereocenters. The molecule has 0 radical (unpaired) electrons. The predicted octanol–water partition coefficient (Wildman–Crippen LogP) is 4.09. The van der Waals surface area contributed by atoms with Crippen LogP contribution in [0.5, 0.6) is 5.75 Å². The van der Waals surface area contributed by atoms with Crippen molar-refractivity contribution in [2.75, 3.05) is 0 Å². The van der Waals surface area contributed by atoms with Crippen molar-refractivity contribution in [3.8, 4) is 5.75 Å². The molecule has 1 amide bonds. The molecule has 0 aromatic heterocycles. The van der Waals surface area contributed by atoms with Gasteiger partial charge in [-0.1, -0.05) is 24.3 Å². The minimum atomic E-state index is -2.87. The molecule has 22 heavy (non-hydrogen) atoms. The van der Waals surface area contributed by atoms with Crippen LogP contribution in [0.4, 0.5) is 8.78 Å². The van der Waals surface area contributed by atoms with Gasteiger partial charge in [-0.3, -0.25) is 4.79 Å². The lowest BCUT2D eigenvalue weighted by Crippen LogP contribution is -2.27. The van der Waals surface area contributed by atoms with Crippen LogP contribution in [0.3, 0.4) is 0 Å². The lowest BCUT2D eigenvalue weighted by atomic mass is 10.0. The van der Waals surface area contributed by atoms with Crippen LogP contribution in [-0.4, -0.2) is 12.5 Å². The Bertz CT molecular complexity index is 641. The molecule has 0 saturated carbocycles. The zero-order valence-electron chi connectivity index (χ0n) is 12.3. The smallest absolute Gasteiger partial charge is 0.387 e. The first-order chi connectivity index (χ1) is 10.5. The number of halogens is 2. The minimum absolute atomic E-state index is 0.0264. The molecule has 5 heteroatoms. The van der Waals surface area contributed by atoms with E-state index in [-0.39, 0.29) is 17.7 Å². The third kappa shape index (κ3) is 4.04. The van der Waals surface area contributed by atoms with Crippen molar-refractivity contribution >= 4 is 5.91 Å².